The van der Waals surface area contributed by atoms with Crippen LogP contribution in [0.25, 0.3) is 0 Å². The van der Waals surface area contributed by atoms with Gasteiger partial charge in [0.2, 0.25) is 0 Å². The molecule has 0 aliphatic rings. The van der Waals surface area contributed by atoms with Crippen LogP contribution in [0.2, 0.25) is 0 Å². The first-order chi connectivity index (χ1) is 6.86. The molecule has 2 rings (SSSR count). The first-order valence-corrected chi connectivity index (χ1v) is 5.41. The summed E-state index contributed by atoms with van der Waals surface area (Å²) in [5, 5.41) is 5.82. The van der Waals surface area contributed by atoms with Crippen LogP contribution < -0.4 is 5.32 Å². The van der Waals surface area contributed by atoms with E-state index in [2.05, 4.69) is 10.3 Å². The molecule has 0 aliphatic heterocycles. The number of anilines is 1. The van der Waals surface area contributed by atoms with Crippen LogP contribution in [0.4, 0.5) is 5.13 Å². The van der Waals surface area contributed by atoms with Crippen molar-refractivity contribution in [2.75, 3.05) is 5.32 Å². The smallest absolute Gasteiger partial charge is 0.187 e. The van der Waals surface area contributed by atoms with Crippen LogP contribution in [-0.4, -0.2) is 9.97 Å². The summed E-state index contributed by atoms with van der Waals surface area (Å²) in [6.45, 7) is 0. The van der Waals surface area contributed by atoms with Gasteiger partial charge in [0, 0.05) is 17.1 Å². The fraction of sp³-hybridized carbons (Fsp3) is 0. The van der Waals surface area contributed by atoms with E-state index < -0.39 is 0 Å². The number of nitrogens with one attached hydrogen (secondary N) is 1. The van der Waals surface area contributed by atoms with Gasteiger partial charge in [0.25, 0.3) is 0 Å². The number of rotatable bonds is 2. The average Bonchev–Trinajstić information content (AvgIpc) is 2.72. The number of aromatic nitrogens is 1. The number of nitrogens with zero attached hydrogens (tertiary/aromatic N) is 1. The molecule has 2 nitrogen and oxygen atoms in total. The van der Waals surface area contributed by atoms with Crippen molar-refractivity contribution in [1.29, 1.82) is 0 Å². The third kappa shape index (κ3) is 2.16. The SMILES string of the molecule is S=C(Nc1nccs1)c1ccccc1. The van der Waals surface area contributed by atoms with Crippen molar-refractivity contribution >= 4 is 33.7 Å². The molecule has 0 fully saturated rings. The van der Waals surface area contributed by atoms with Crippen LogP contribution in [0, 0.1) is 0 Å². The molecule has 0 saturated heterocycles. The van der Waals surface area contributed by atoms with Crippen molar-refractivity contribution in [1.82, 2.24) is 4.98 Å². The van der Waals surface area contributed by atoms with E-state index in [-0.39, 0.29) is 0 Å². The van der Waals surface area contributed by atoms with Crippen molar-refractivity contribution in [3.05, 3.63) is 47.5 Å². The molecule has 1 N–H and O–H groups in total. The van der Waals surface area contributed by atoms with Crippen molar-refractivity contribution in [3.8, 4) is 0 Å². The summed E-state index contributed by atoms with van der Waals surface area (Å²) in [4.78, 5) is 4.81. The fourth-order valence-electron chi connectivity index (χ4n) is 1.04. The Balaban J connectivity index is 2.11. The van der Waals surface area contributed by atoms with Gasteiger partial charge in [-0.05, 0) is 0 Å². The largest absolute Gasteiger partial charge is 0.322 e. The second-order valence-corrected chi connectivity index (χ2v) is 3.96. The summed E-state index contributed by atoms with van der Waals surface area (Å²) in [6, 6.07) is 9.84. The predicted octanol–water partition coefficient (Wildman–Crippen LogP) is 2.93. The molecule has 2 aromatic rings. The molecule has 4 heteroatoms. The molecular formula is C10H8N2S2. The molecule has 0 spiro atoms. The van der Waals surface area contributed by atoms with Crippen LogP contribution in [-0.2, 0) is 0 Å². The van der Waals surface area contributed by atoms with Crippen molar-refractivity contribution in [3.63, 3.8) is 0 Å². The Morgan fingerprint density at radius 1 is 1.29 bits per heavy atom. The predicted molar refractivity (Wildman–Crippen MR) is 63.9 cm³/mol. The van der Waals surface area contributed by atoms with Crippen LogP contribution in [0.15, 0.2) is 41.9 Å². The standard InChI is InChI=1S/C10H8N2S2/c13-9(8-4-2-1-3-5-8)12-10-11-6-7-14-10/h1-7H,(H,11,12,13). The maximum absolute atomic E-state index is 5.22. The number of hydrogen-bond donors (Lipinski definition) is 1. The maximum atomic E-state index is 5.22. The number of thiocarbonyl (C=S) groups is 1. The van der Waals surface area contributed by atoms with Gasteiger partial charge in [0.15, 0.2) is 5.13 Å². The number of thiazole rings is 1. The highest BCUT2D eigenvalue weighted by Crippen LogP contribution is 2.12. The average molecular weight is 220 g/mol. The Kier molecular flexibility index (Phi) is 2.86. The van der Waals surface area contributed by atoms with E-state index in [4.69, 9.17) is 12.2 Å². The first kappa shape index (κ1) is 9.30. The van der Waals surface area contributed by atoms with Crippen LogP contribution in [0.1, 0.15) is 5.56 Å². The molecule has 0 saturated carbocycles. The highest BCUT2D eigenvalue weighted by molar-refractivity contribution is 7.81. The molecular weight excluding hydrogens is 212 g/mol. The summed E-state index contributed by atoms with van der Waals surface area (Å²) in [6.07, 6.45) is 1.75. The minimum absolute atomic E-state index is 0.709. The van der Waals surface area contributed by atoms with E-state index in [1.807, 2.05) is 35.7 Å². The zero-order valence-electron chi connectivity index (χ0n) is 7.31. The summed E-state index contributed by atoms with van der Waals surface area (Å²) < 4.78 is 0. The lowest BCUT2D eigenvalue weighted by molar-refractivity contribution is 1.41. The first-order valence-electron chi connectivity index (χ1n) is 4.12. The minimum Gasteiger partial charge on any atom is -0.322 e. The number of hydrogen-bond acceptors (Lipinski definition) is 3. The van der Waals surface area contributed by atoms with Gasteiger partial charge in [-0.25, -0.2) is 4.98 Å². The molecule has 14 heavy (non-hydrogen) atoms. The molecule has 0 bridgehead atoms. The van der Waals surface area contributed by atoms with Gasteiger partial charge in [-0.15, -0.1) is 11.3 Å². The summed E-state index contributed by atoms with van der Waals surface area (Å²) in [5.74, 6) is 0. The van der Waals surface area contributed by atoms with E-state index in [1.165, 1.54) is 11.3 Å². The minimum atomic E-state index is 0.709. The van der Waals surface area contributed by atoms with Crippen molar-refractivity contribution < 1.29 is 0 Å². The maximum Gasteiger partial charge on any atom is 0.187 e. The van der Waals surface area contributed by atoms with Gasteiger partial charge in [0.05, 0.1) is 0 Å². The van der Waals surface area contributed by atoms with Crippen molar-refractivity contribution in [2.45, 2.75) is 0 Å². The Hall–Kier alpha value is -1.26. The fourth-order valence-corrected chi connectivity index (χ4v) is 1.87. The molecule has 1 heterocycles. The summed E-state index contributed by atoms with van der Waals surface area (Å²) >= 11 is 6.76. The molecule has 0 aliphatic carbocycles. The van der Waals surface area contributed by atoms with E-state index in [0.29, 0.717) is 4.99 Å². The lowest BCUT2D eigenvalue weighted by Crippen LogP contribution is -2.09. The van der Waals surface area contributed by atoms with Crippen molar-refractivity contribution in [2.24, 2.45) is 0 Å². The third-order valence-electron chi connectivity index (χ3n) is 1.69. The molecule has 70 valence electrons. The Bertz CT molecular complexity index is 409. The van der Waals surface area contributed by atoms with E-state index in [0.717, 1.165) is 10.7 Å². The van der Waals surface area contributed by atoms with Gasteiger partial charge in [-0.2, -0.15) is 0 Å². The number of benzene rings is 1. The molecule has 1 aromatic heterocycles. The molecule has 0 amide bonds. The van der Waals surface area contributed by atoms with E-state index >= 15 is 0 Å². The second-order valence-electron chi connectivity index (χ2n) is 2.66. The van der Waals surface area contributed by atoms with Gasteiger partial charge in [-0.1, -0.05) is 42.5 Å². The molecule has 0 unspecified atom stereocenters. The monoisotopic (exact) mass is 220 g/mol. The lowest BCUT2D eigenvalue weighted by atomic mass is 10.2. The Morgan fingerprint density at radius 3 is 2.71 bits per heavy atom. The third-order valence-corrected chi connectivity index (χ3v) is 2.72. The molecule has 1 aromatic carbocycles. The molecule has 0 radical (unpaired) electrons. The normalized spacial score (nSPS) is 9.71. The zero-order chi connectivity index (χ0) is 9.80. The summed E-state index contributed by atoms with van der Waals surface area (Å²) in [5.41, 5.74) is 1.01. The molecule has 0 atom stereocenters. The highest BCUT2D eigenvalue weighted by atomic mass is 32.1. The Morgan fingerprint density at radius 2 is 2.07 bits per heavy atom. The highest BCUT2D eigenvalue weighted by Gasteiger charge is 2.01. The topological polar surface area (TPSA) is 24.9 Å². The quantitative estimate of drug-likeness (QED) is 0.788. The van der Waals surface area contributed by atoms with E-state index in [9.17, 15) is 0 Å². The zero-order valence-corrected chi connectivity index (χ0v) is 8.94. The van der Waals surface area contributed by atoms with Crippen LogP contribution >= 0.6 is 23.6 Å². The van der Waals surface area contributed by atoms with Crippen LogP contribution in [0.5, 0.6) is 0 Å². The van der Waals surface area contributed by atoms with Gasteiger partial charge >= 0.3 is 0 Å². The van der Waals surface area contributed by atoms with E-state index in [1.54, 1.807) is 6.20 Å². The summed E-state index contributed by atoms with van der Waals surface area (Å²) in [7, 11) is 0. The Labute approximate surface area is 91.6 Å². The van der Waals surface area contributed by atoms with Gasteiger partial charge in [-0.3, -0.25) is 0 Å². The van der Waals surface area contributed by atoms with Crippen LogP contribution in [0.3, 0.4) is 0 Å². The lowest BCUT2D eigenvalue weighted by Gasteiger charge is -2.03. The van der Waals surface area contributed by atoms with Gasteiger partial charge < -0.3 is 5.32 Å². The second kappa shape index (κ2) is 4.30. The van der Waals surface area contributed by atoms with Gasteiger partial charge in [0.1, 0.15) is 4.99 Å².